The highest BCUT2D eigenvalue weighted by Gasteiger charge is 2.24. The first-order valence-electron chi connectivity index (χ1n) is 7.39. The van der Waals surface area contributed by atoms with E-state index in [4.69, 9.17) is 5.10 Å². The molecule has 1 N–H and O–H groups in total. The molecule has 0 aliphatic carbocycles. The molecule has 0 atom stereocenters. The summed E-state index contributed by atoms with van der Waals surface area (Å²) in [6.45, 7) is 0.902. The zero-order valence-corrected chi connectivity index (χ0v) is 14.4. The lowest BCUT2D eigenvalue weighted by atomic mass is 10.1. The van der Waals surface area contributed by atoms with Crippen molar-refractivity contribution in [3.05, 3.63) is 63.2 Å². The first kappa shape index (κ1) is 14.3. The van der Waals surface area contributed by atoms with E-state index in [2.05, 4.69) is 58.2 Å². The van der Waals surface area contributed by atoms with Crippen molar-refractivity contribution >= 4 is 28.4 Å². The molecule has 2 aromatic carbocycles. The van der Waals surface area contributed by atoms with E-state index < -0.39 is 0 Å². The van der Waals surface area contributed by atoms with Crippen LogP contribution in [0.5, 0.6) is 0 Å². The smallest absolute Gasteiger partial charge is 0.133 e. The summed E-state index contributed by atoms with van der Waals surface area (Å²) >= 11 is 2.30. The van der Waals surface area contributed by atoms with Crippen LogP contribution in [-0.2, 0) is 6.42 Å². The average Bonchev–Trinajstić information content (AvgIpc) is 3.18. The van der Waals surface area contributed by atoms with Gasteiger partial charge in [0.05, 0.1) is 16.9 Å². The van der Waals surface area contributed by atoms with Gasteiger partial charge in [0.2, 0.25) is 0 Å². The van der Waals surface area contributed by atoms with Crippen molar-refractivity contribution < 1.29 is 0 Å². The minimum absolute atomic E-state index is 0.626. The molecule has 4 rings (SSSR count). The van der Waals surface area contributed by atoms with Crippen molar-refractivity contribution in [1.82, 2.24) is 9.78 Å². The molecular weight excluding hydrogens is 399 g/mol. The van der Waals surface area contributed by atoms with Crippen LogP contribution < -0.4 is 5.32 Å². The van der Waals surface area contributed by atoms with Gasteiger partial charge in [-0.2, -0.15) is 10.4 Å². The van der Waals surface area contributed by atoms with E-state index in [1.54, 1.807) is 0 Å². The molecule has 0 saturated carbocycles. The zero-order chi connectivity index (χ0) is 15.8. The minimum Gasteiger partial charge on any atom is -0.369 e. The number of fused-ring (bicyclic) bond motifs is 1. The zero-order valence-electron chi connectivity index (χ0n) is 12.3. The van der Waals surface area contributed by atoms with Crippen molar-refractivity contribution in [2.45, 2.75) is 6.42 Å². The van der Waals surface area contributed by atoms with Crippen LogP contribution in [0.2, 0.25) is 0 Å². The summed E-state index contributed by atoms with van der Waals surface area (Å²) in [4.78, 5) is 0. The summed E-state index contributed by atoms with van der Waals surface area (Å²) in [6, 6.07) is 18.2. The summed E-state index contributed by atoms with van der Waals surface area (Å²) in [5.74, 6) is 1.00. The van der Waals surface area contributed by atoms with E-state index >= 15 is 0 Å². The van der Waals surface area contributed by atoms with E-state index in [9.17, 15) is 5.26 Å². The largest absolute Gasteiger partial charge is 0.369 e. The molecule has 0 amide bonds. The molecule has 112 valence electrons. The van der Waals surface area contributed by atoms with Crippen molar-refractivity contribution in [3.63, 3.8) is 0 Å². The first-order valence-corrected chi connectivity index (χ1v) is 8.47. The molecule has 0 spiro atoms. The van der Waals surface area contributed by atoms with Gasteiger partial charge in [0.15, 0.2) is 0 Å². The molecule has 2 heterocycles. The molecule has 5 heteroatoms. The second-order valence-electron chi connectivity index (χ2n) is 5.40. The third-order valence-corrected chi connectivity index (χ3v) is 4.74. The number of para-hydroxylation sites is 1. The van der Waals surface area contributed by atoms with Crippen molar-refractivity contribution in [2.24, 2.45) is 0 Å². The molecule has 23 heavy (non-hydrogen) atoms. The number of hydrogen-bond acceptors (Lipinski definition) is 3. The Balaban J connectivity index is 1.92. The Hall–Kier alpha value is -2.33. The van der Waals surface area contributed by atoms with Crippen LogP contribution in [0.1, 0.15) is 11.1 Å². The van der Waals surface area contributed by atoms with Crippen molar-refractivity contribution in [2.75, 3.05) is 11.9 Å². The number of nitrogens with one attached hydrogen (secondary N) is 1. The summed E-state index contributed by atoms with van der Waals surface area (Å²) in [6.07, 6.45) is 0.950. The van der Waals surface area contributed by atoms with Gasteiger partial charge >= 0.3 is 0 Å². The molecule has 3 aromatic rings. The minimum atomic E-state index is 0.626. The lowest BCUT2D eigenvalue weighted by Crippen LogP contribution is -2.05. The average molecular weight is 412 g/mol. The SMILES string of the molecule is N#Cc1ccccc1-n1nc(-c2ccc(I)cc2)c2c1NCC2. The lowest BCUT2D eigenvalue weighted by Gasteiger charge is -2.07. The van der Waals surface area contributed by atoms with Crippen molar-refractivity contribution in [3.8, 4) is 23.0 Å². The highest BCUT2D eigenvalue weighted by molar-refractivity contribution is 14.1. The number of rotatable bonds is 2. The van der Waals surface area contributed by atoms with Crippen LogP contribution in [0.3, 0.4) is 0 Å². The molecule has 0 saturated heterocycles. The summed E-state index contributed by atoms with van der Waals surface area (Å²) < 4.78 is 3.07. The van der Waals surface area contributed by atoms with Gasteiger partial charge in [0.1, 0.15) is 11.9 Å². The Morgan fingerprint density at radius 2 is 1.91 bits per heavy atom. The van der Waals surface area contributed by atoms with Gasteiger partial charge in [-0.05, 0) is 53.3 Å². The molecule has 1 aromatic heterocycles. The van der Waals surface area contributed by atoms with E-state index in [0.717, 1.165) is 35.7 Å². The van der Waals surface area contributed by atoms with Crippen LogP contribution in [-0.4, -0.2) is 16.3 Å². The molecular formula is C18H13IN4. The quantitative estimate of drug-likeness (QED) is 0.648. The van der Waals surface area contributed by atoms with Gasteiger partial charge in [-0.25, -0.2) is 4.68 Å². The highest BCUT2D eigenvalue weighted by atomic mass is 127. The molecule has 0 unspecified atom stereocenters. The van der Waals surface area contributed by atoms with Gasteiger partial charge < -0.3 is 5.32 Å². The molecule has 0 fully saturated rings. The second kappa shape index (κ2) is 5.70. The highest BCUT2D eigenvalue weighted by Crippen LogP contribution is 2.35. The number of nitriles is 1. The predicted octanol–water partition coefficient (Wildman–Crippen LogP) is 3.98. The number of aromatic nitrogens is 2. The third kappa shape index (κ3) is 2.39. The number of hydrogen-bond donors (Lipinski definition) is 1. The van der Waals surface area contributed by atoms with E-state index in [1.165, 1.54) is 9.13 Å². The normalized spacial score (nSPS) is 12.5. The van der Waals surface area contributed by atoms with Gasteiger partial charge in [-0.3, -0.25) is 0 Å². The molecule has 1 aliphatic heterocycles. The van der Waals surface area contributed by atoms with E-state index in [1.807, 2.05) is 28.9 Å². The monoisotopic (exact) mass is 412 g/mol. The van der Waals surface area contributed by atoms with Crippen LogP contribution in [0.15, 0.2) is 48.5 Å². The maximum Gasteiger partial charge on any atom is 0.133 e. The Kier molecular flexibility index (Phi) is 3.54. The third-order valence-electron chi connectivity index (χ3n) is 4.02. The van der Waals surface area contributed by atoms with Gasteiger partial charge in [0.25, 0.3) is 0 Å². The molecule has 0 radical (unpaired) electrons. The fourth-order valence-corrected chi connectivity index (χ4v) is 3.30. The number of halogens is 1. The molecule has 1 aliphatic rings. The fourth-order valence-electron chi connectivity index (χ4n) is 2.94. The Morgan fingerprint density at radius 1 is 1.13 bits per heavy atom. The number of anilines is 1. The second-order valence-corrected chi connectivity index (χ2v) is 6.65. The Morgan fingerprint density at radius 3 is 2.70 bits per heavy atom. The topological polar surface area (TPSA) is 53.6 Å². The first-order chi connectivity index (χ1) is 11.3. The van der Waals surface area contributed by atoms with Crippen LogP contribution in [0.4, 0.5) is 5.82 Å². The standard InChI is InChI=1S/C18H13IN4/c19-14-7-5-12(6-8-14)17-15-9-10-21-18(15)23(22-17)16-4-2-1-3-13(16)11-20/h1-8,21H,9-10H2. The number of nitrogens with zero attached hydrogens (tertiary/aromatic N) is 3. The van der Waals surface area contributed by atoms with Crippen LogP contribution in [0, 0.1) is 14.9 Å². The van der Waals surface area contributed by atoms with Gasteiger partial charge in [-0.1, -0.05) is 24.3 Å². The molecule has 4 nitrogen and oxygen atoms in total. The van der Waals surface area contributed by atoms with Gasteiger partial charge in [-0.15, -0.1) is 0 Å². The predicted molar refractivity (Wildman–Crippen MR) is 98.6 cm³/mol. The lowest BCUT2D eigenvalue weighted by molar-refractivity contribution is 0.879. The summed E-state index contributed by atoms with van der Waals surface area (Å²) in [5, 5.41) is 17.6. The van der Waals surface area contributed by atoms with E-state index in [-0.39, 0.29) is 0 Å². The summed E-state index contributed by atoms with van der Waals surface area (Å²) in [7, 11) is 0. The maximum atomic E-state index is 9.37. The number of benzene rings is 2. The Labute approximate surface area is 147 Å². The van der Waals surface area contributed by atoms with Gasteiger partial charge in [0, 0.05) is 21.2 Å². The van der Waals surface area contributed by atoms with E-state index in [0.29, 0.717) is 5.56 Å². The maximum absolute atomic E-state index is 9.37. The summed E-state index contributed by atoms with van der Waals surface area (Å²) in [5.41, 5.74) is 4.77. The van der Waals surface area contributed by atoms with Crippen LogP contribution in [0.25, 0.3) is 16.9 Å². The van der Waals surface area contributed by atoms with Crippen LogP contribution >= 0.6 is 22.6 Å². The fraction of sp³-hybridized carbons (Fsp3) is 0.111. The Bertz CT molecular complexity index is 919. The van der Waals surface area contributed by atoms with Crippen molar-refractivity contribution in [1.29, 1.82) is 5.26 Å². The molecule has 0 bridgehead atoms.